The molecule has 0 aliphatic rings. The van der Waals surface area contributed by atoms with Crippen LogP contribution in [0, 0.1) is 13.8 Å². The Labute approximate surface area is 119 Å². The summed E-state index contributed by atoms with van der Waals surface area (Å²) in [5, 5.41) is 16.7. The molecule has 2 aromatic rings. The molecule has 0 radical (unpaired) electrons. The lowest BCUT2D eigenvalue weighted by atomic mass is 10.3. The monoisotopic (exact) mass is 296 g/mol. The summed E-state index contributed by atoms with van der Waals surface area (Å²) in [6.07, 6.45) is -0.0538. The second kappa shape index (κ2) is 5.58. The summed E-state index contributed by atoms with van der Waals surface area (Å²) >= 11 is 1.28. The summed E-state index contributed by atoms with van der Waals surface area (Å²) in [5.41, 5.74) is 0.797. The van der Waals surface area contributed by atoms with Gasteiger partial charge in [-0.1, -0.05) is 11.3 Å². The third-order valence-electron chi connectivity index (χ3n) is 3.11. The fourth-order valence-electron chi connectivity index (χ4n) is 2.04. The lowest BCUT2D eigenvalue weighted by Gasteiger charge is -2.19. The van der Waals surface area contributed by atoms with Crippen molar-refractivity contribution in [2.75, 3.05) is 13.1 Å². The van der Waals surface area contributed by atoms with E-state index in [4.69, 9.17) is 5.11 Å². The summed E-state index contributed by atoms with van der Waals surface area (Å²) in [6.45, 7) is 6.19. The molecule has 0 fully saturated rings. The minimum absolute atomic E-state index is 0.0538. The highest BCUT2D eigenvalue weighted by molar-refractivity contribution is 7.19. The minimum atomic E-state index is -0.908. The molecule has 0 aliphatic heterocycles. The molecule has 2 rings (SSSR count). The Hall–Kier alpha value is -1.96. The predicted molar refractivity (Wildman–Crippen MR) is 74.2 cm³/mol. The Balaban J connectivity index is 2.29. The van der Waals surface area contributed by atoms with Gasteiger partial charge in [0, 0.05) is 18.8 Å². The zero-order valence-corrected chi connectivity index (χ0v) is 12.4. The van der Waals surface area contributed by atoms with Gasteiger partial charge in [-0.05, 0) is 20.8 Å². The Morgan fingerprint density at radius 3 is 2.60 bits per heavy atom. The zero-order valence-electron chi connectivity index (χ0n) is 11.6. The zero-order chi connectivity index (χ0) is 14.9. The van der Waals surface area contributed by atoms with E-state index in [0.29, 0.717) is 16.4 Å². The quantitative estimate of drug-likeness (QED) is 0.899. The minimum Gasteiger partial charge on any atom is -0.481 e. The van der Waals surface area contributed by atoms with E-state index < -0.39 is 5.97 Å². The van der Waals surface area contributed by atoms with Crippen LogP contribution in [0.15, 0.2) is 0 Å². The Morgan fingerprint density at radius 1 is 1.35 bits per heavy atom. The average Bonchev–Trinajstić information content (AvgIpc) is 2.91. The Kier molecular flexibility index (Phi) is 4.03. The van der Waals surface area contributed by atoms with Crippen LogP contribution >= 0.6 is 11.3 Å². The van der Waals surface area contributed by atoms with Gasteiger partial charge in [-0.15, -0.1) is 10.2 Å². The molecule has 2 aromatic heterocycles. The van der Waals surface area contributed by atoms with Crippen LogP contribution in [0.5, 0.6) is 0 Å². The lowest BCUT2D eigenvalue weighted by Crippen LogP contribution is -2.32. The topological polar surface area (TPSA) is 87.8 Å². The van der Waals surface area contributed by atoms with E-state index in [9.17, 15) is 9.59 Å². The molecule has 0 saturated heterocycles. The maximum Gasteiger partial charge on any atom is 0.305 e. The molecule has 0 saturated carbocycles. The number of carboxylic acid groups (broad SMARTS) is 1. The van der Waals surface area contributed by atoms with Crippen molar-refractivity contribution in [3.05, 3.63) is 16.4 Å². The number of carboxylic acids is 1. The van der Waals surface area contributed by atoms with E-state index >= 15 is 0 Å². The molecular weight excluding hydrogens is 280 g/mol. The van der Waals surface area contributed by atoms with E-state index in [0.717, 1.165) is 11.5 Å². The number of rotatable bonds is 5. The van der Waals surface area contributed by atoms with Crippen molar-refractivity contribution in [3.63, 3.8) is 0 Å². The molecule has 0 bridgehead atoms. The van der Waals surface area contributed by atoms with Gasteiger partial charge >= 0.3 is 5.97 Å². The normalized spacial score (nSPS) is 10.9. The van der Waals surface area contributed by atoms with E-state index in [1.54, 1.807) is 0 Å². The molecule has 7 nitrogen and oxygen atoms in total. The fraction of sp³-hybridized carbons (Fsp3) is 0.500. The second-order valence-electron chi connectivity index (χ2n) is 4.41. The Bertz CT molecular complexity index is 661. The van der Waals surface area contributed by atoms with E-state index in [-0.39, 0.29) is 18.9 Å². The molecule has 20 heavy (non-hydrogen) atoms. The van der Waals surface area contributed by atoms with Gasteiger partial charge in [0.15, 0.2) is 0 Å². The van der Waals surface area contributed by atoms with Crippen molar-refractivity contribution in [1.82, 2.24) is 19.5 Å². The number of thiazole rings is 1. The number of fused-ring (bicyclic) bond motifs is 1. The molecule has 2 heterocycles. The first-order valence-corrected chi connectivity index (χ1v) is 7.09. The van der Waals surface area contributed by atoms with Crippen molar-refractivity contribution in [3.8, 4) is 0 Å². The van der Waals surface area contributed by atoms with Crippen LogP contribution in [0.1, 0.15) is 34.5 Å². The largest absolute Gasteiger partial charge is 0.481 e. The van der Waals surface area contributed by atoms with Gasteiger partial charge in [0.2, 0.25) is 4.96 Å². The molecule has 0 unspecified atom stereocenters. The summed E-state index contributed by atoms with van der Waals surface area (Å²) in [5.74, 6) is -0.323. The molecule has 8 heteroatoms. The molecule has 0 atom stereocenters. The van der Waals surface area contributed by atoms with Gasteiger partial charge in [0.25, 0.3) is 5.91 Å². The van der Waals surface area contributed by atoms with Gasteiger partial charge in [-0.2, -0.15) is 0 Å². The molecule has 1 amide bonds. The number of nitrogens with zero attached hydrogens (tertiary/aromatic N) is 4. The first kappa shape index (κ1) is 14.4. The van der Waals surface area contributed by atoms with Gasteiger partial charge in [0.05, 0.1) is 6.42 Å². The highest BCUT2D eigenvalue weighted by atomic mass is 32.1. The van der Waals surface area contributed by atoms with Crippen LogP contribution in [0.3, 0.4) is 0 Å². The van der Waals surface area contributed by atoms with Crippen molar-refractivity contribution in [2.45, 2.75) is 27.2 Å². The van der Waals surface area contributed by atoms with Gasteiger partial charge in [-0.3, -0.25) is 14.0 Å². The molecule has 108 valence electrons. The first-order chi connectivity index (χ1) is 9.45. The SMILES string of the molecule is CCN(CCC(=O)O)C(=O)c1sc2nnc(C)n2c1C. The van der Waals surface area contributed by atoms with Crippen LogP contribution in [0.25, 0.3) is 4.96 Å². The van der Waals surface area contributed by atoms with E-state index in [1.807, 2.05) is 25.2 Å². The third kappa shape index (κ3) is 2.51. The Morgan fingerprint density at radius 2 is 2.05 bits per heavy atom. The summed E-state index contributed by atoms with van der Waals surface area (Å²) in [4.78, 5) is 25.9. The number of aryl methyl sites for hydroxylation is 2. The highest BCUT2D eigenvalue weighted by Crippen LogP contribution is 2.24. The maximum atomic E-state index is 12.5. The van der Waals surface area contributed by atoms with Crippen molar-refractivity contribution < 1.29 is 14.7 Å². The van der Waals surface area contributed by atoms with Gasteiger partial charge < -0.3 is 10.0 Å². The first-order valence-electron chi connectivity index (χ1n) is 6.27. The van der Waals surface area contributed by atoms with Crippen molar-refractivity contribution >= 4 is 28.2 Å². The molecule has 0 aromatic carbocycles. The van der Waals surface area contributed by atoms with Crippen LogP contribution in [-0.4, -0.2) is 49.6 Å². The highest BCUT2D eigenvalue weighted by Gasteiger charge is 2.22. The standard InChI is InChI=1S/C12H16N4O3S/c1-4-15(6-5-9(17)18)11(19)10-7(2)16-8(3)13-14-12(16)20-10/h4-6H2,1-3H3,(H,17,18). The van der Waals surface area contributed by atoms with Gasteiger partial charge in [0.1, 0.15) is 10.7 Å². The van der Waals surface area contributed by atoms with Crippen LogP contribution in [0.4, 0.5) is 0 Å². The lowest BCUT2D eigenvalue weighted by molar-refractivity contribution is -0.137. The predicted octanol–water partition coefficient (Wildman–Crippen LogP) is 1.34. The van der Waals surface area contributed by atoms with Crippen LogP contribution < -0.4 is 0 Å². The average molecular weight is 296 g/mol. The third-order valence-corrected chi connectivity index (χ3v) is 4.23. The number of carbonyl (C=O) groups excluding carboxylic acids is 1. The molecular formula is C12H16N4O3S. The van der Waals surface area contributed by atoms with Gasteiger partial charge in [-0.25, -0.2) is 0 Å². The number of carbonyl (C=O) groups is 2. The summed E-state index contributed by atoms with van der Waals surface area (Å²) in [6, 6.07) is 0. The number of aliphatic carboxylic acids is 1. The molecule has 0 spiro atoms. The summed E-state index contributed by atoms with van der Waals surface area (Å²) < 4.78 is 1.84. The number of hydrogen-bond donors (Lipinski definition) is 1. The molecule has 1 N–H and O–H groups in total. The second-order valence-corrected chi connectivity index (χ2v) is 5.39. The van der Waals surface area contributed by atoms with Crippen molar-refractivity contribution in [2.24, 2.45) is 0 Å². The summed E-state index contributed by atoms with van der Waals surface area (Å²) in [7, 11) is 0. The van der Waals surface area contributed by atoms with Crippen LogP contribution in [-0.2, 0) is 4.79 Å². The van der Waals surface area contributed by atoms with E-state index in [2.05, 4.69) is 10.2 Å². The smallest absolute Gasteiger partial charge is 0.305 e. The fourth-order valence-corrected chi connectivity index (χ4v) is 3.12. The molecule has 0 aliphatic carbocycles. The van der Waals surface area contributed by atoms with Crippen LogP contribution in [0.2, 0.25) is 0 Å². The number of amides is 1. The number of aromatic nitrogens is 3. The maximum absolute atomic E-state index is 12.5. The number of hydrogen-bond acceptors (Lipinski definition) is 5. The van der Waals surface area contributed by atoms with E-state index in [1.165, 1.54) is 16.2 Å². The van der Waals surface area contributed by atoms with Crippen molar-refractivity contribution in [1.29, 1.82) is 0 Å².